The molecule has 5 nitrogen and oxygen atoms in total. The number of fused-ring (bicyclic) bond motifs is 1. The number of aryl methyl sites for hydroxylation is 1. The third-order valence-electron chi connectivity index (χ3n) is 3.84. The lowest BCUT2D eigenvalue weighted by Crippen LogP contribution is -2.32. The van der Waals surface area contributed by atoms with Crippen molar-refractivity contribution in [1.82, 2.24) is 9.97 Å². The predicted molar refractivity (Wildman–Crippen MR) is 79.9 cm³/mol. The maximum Gasteiger partial charge on any atom is 0.182 e. The van der Waals surface area contributed by atoms with Crippen molar-refractivity contribution in [1.29, 1.82) is 0 Å². The van der Waals surface area contributed by atoms with Crippen LogP contribution in [0, 0.1) is 6.92 Å². The molecule has 1 N–H and O–H groups in total. The second-order valence-corrected chi connectivity index (χ2v) is 5.28. The van der Waals surface area contributed by atoms with E-state index in [9.17, 15) is 5.11 Å². The zero-order valence-corrected chi connectivity index (χ0v) is 12.3. The van der Waals surface area contributed by atoms with Gasteiger partial charge in [0.2, 0.25) is 0 Å². The Kier molecular flexibility index (Phi) is 3.86. The van der Waals surface area contributed by atoms with E-state index >= 15 is 0 Å². The summed E-state index contributed by atoms with van der Waals surface area (Å²) in [6, 6.07) is 6.02. The molecule has 3 heterocycles. The monoisotopic (exact) mass is 285 g/mol. The lowest BCUT2D eigenvalue weighted by Gasteiger charge is -2.30. The molecule has 0 aliphatic carbocycles. The Morgan fingerprint density at radius 2 is 2.24 bits per heavy atom. The molecule has 5 heteroatoms. The highest BCUT2D eigenvalue weighted by Gasteiger charge is 2.20. The Labute approximate surface area is 124 Å². The van der Waals surface area contributed by atoms with Crippen molar-refractivity contribution in [2.75, 3.05) is 18.6 Å². The number of hydrogen-bond donors (Lipinski definition) is 1. The van der Waals surface area contributed by atoms with Gasteiger partial charge in [-0.05, 0) is 30.2 Å². The van der Waals surface area contributed by atoms with E-state index in [-0.39, 0.29) is 0 Å². The van der Waals surface area contributed by atoms with Crippen LogP contribution in [-0.2, 0) is 17.7 Å². The molecule has 1 aliphatic heterocycles. The number of aliphatic hydroxyl groups excluding tert-OH is 1. The average molecular weight is 285 g/mol. The number of aliphatic hydroxyl groups is 1. The van der Waals surface area contributed by atoms with Crippen molar-refractivity contribution >= 4 is 5.82 Å². The Balaban J connectivity index is 1.85. The molecular formula is C16H19N3O2. The van der Waals surface area contributed by atoms with Crippen LogP contribution >= 0.6 is 0 Å². The fourth-order valence-corrected chi connectivity index (χ4v) is 2.74. The van der Waals surface area contributed by atoms with Gasteiger partial charge in [0.15, 0.2) is 6.29 Å². The number of aromatic nitrogens is 2. The van der Waals surface area contributed by atoms with Gasteiger partial charge in [-0.15, -0.1) is 0 Å². The molecule has 0 saturated carbocycles. The molecule has 110 valence electrons. The van der Waals surface area contributed by atoms with Gasteiger partial charge < -0.3 is 14.7 Å². The number of methoxy groups -OCH3 is 1. The Hall–Kier alpha value is -1.98. The fraction of sp³-hybridized carbons (Fsp3) is 0.375. The summed E-state index contributed by atoms with van der Waals surface area (Å²) in [5.74, 6) is 0.955. The summed E-state index contributed by atoms with van der Waals surface area (Å²) in [4.78, 5) is 11.2. The topological polar surface area (TPSA) is 58.5 Å². The molecule has 21 heavy (non-hydrogen) atoms. The third kappa shape index (κ3) is 2.75. The largest absolute Gasteiger partial charge is 0.364 e. The van der Waals surface area contributed by atoms with Crippen LogP contribution in [0.25, 0.3) is 0 Å². The van der Waals surface area contributed by atoms with E-state index in [1.54, 1.807) is 6.20 Å². The van der Waals surface area contributed by atoms with Gasteiger partial charge in [-0.25, -0.2) is 4.98 Å². The molecule has 0 spiro atoms. The molecule has 0 bridgehead atoms. The van der Waals surface area contributed by atoms with Crippen LogP contribution in [0.5, 0.6) is 0 Å². The maximum absolute atomic E-state index is 9.70. The van der Waals surface area contributed by atoms with Gasteiger partial charge in [-0.2, -0.15) is 0 Å². The highest BCUT2D eigenvalue weighted by atomic mass is 16.6. The molecule has 1 atom stereocenters. The first-order valence-corrected chi connectivity index (χ1v) is 7.04. The summed E-state index contributed by atoms with van der Waals surface area (Å²) in [7, 11) is 1.47. The first-order valence-electron chi connectivity index (χ1n) is 7.04. The second kappa shape index (κ2) is 5.79. The molecule has 0 radical (unpaired) electrons. The van der Waals surface area contributed by atoms with Crippen molar-refractivity contribution in [2.45, 2.75) is 26.2 Å². The number of nitrogens with zero attached hydrogens (tertiary/aromatic N) is 3. The quantitative estimate of drug-likeness (QED) is 0.874. The lowest BCUT2D eigenvalue weighted by atomic mass is 10.0. The summed E-state index contributed by atoms with van der Waals surface area (Å²) < 4.78 is 4.92. The Bertz CT molecular complexity index is 645. The van der Waals surface area contributed by atoms with Crippen molar-refractivity contribution in [3.63, 3.8) is 0 Å². The van der Waals surface area contributed by atoms with Gasteiger partial charge in [0, 0.05) is 50.3 Å². The molecule has 3 rings (SSSR count). The minimum Gasteiger partial charge on any atom is -0.364 e. The van der Waals surface area contributed by atoms with Gasteiger partial charge in [0.1, 0.15) is 5.82 Å². The van der Waals surface area contributed by atoms with E-state index in [4.69, 9.17) is 4.74 Å². The lowest BCUT2D eigenvalue weighted by molar-refractivity contribution is -0.0771. The van der Waals surface area contributed by atoms with Crippen LogP contribution in [0.15, 0.2) is 30.6 Å². The first kappa shape index (κ1) is 14.0. The molecule has 0 aromatic carbocycles. The van der Waals surface area contributed by atoms with E-state index in [0.29, 0.717) is 5.56 Å². The summed E-state index contributed by atoms with van der Waals surface area (Å²) >= 11 is 0. The van der Waals surface area contributed by atoms with Crippen LogP contribution in [-0.4, -0.2) is 28.7 Å². The van der Waals surface area contributed by atoms with Crippen molar-refractivity contribution in [3.05, 3.63) is 53.0 Å². The Morgan fingerprint density at radius 1 is 1.38 bits per heavy atom. The fourth-order valence-electron chi connectivity index (χ4n) is 2.74. The van der Waals surface area contributed by atoms with Crippen LogP contribution in [0.2, 0.25) is 0 Å². The number of anilines is 1. The van der Waals surface area contributed by atoms with E-state index < -0.39 is 6.29 Å². The SMILES string of the molecule is COC(O)c1cnc(N2CCc3ncccc3C2)c(C)c1. The van der Waals surface area contributed by atoms with Crippen LogP contribution in [0.4, 0.5) is 5.82 Å². The van der Waals surface area contributed by atoms with E-state index in [1.165, 1.54) is 18.4 Å². The van der Waals surface area contributed by atoms with Crippen molar-refractivity contribution in [3.8, 4) is 0 Å². The number of ether oxygens (including phenoxy) is 1. The zero-order chi connectivity index (χ0) is 14.8. The van der Waals surface area contributed by atoms with Crippen LogP contribution < -0.4 is 4.90 Å². The summed E-state index contributed by atoms with van der Waals surface area (Å²) in [5.41, 5.74) is 4.15. The molecule has 1 unspecified atom stereocenters. The van der Waals surface area contributed by atoms with Crippen molar-refractivity contribution < 1.29 is 9.84 Å². The molecule has 0 fully saturated rings. The molecular weight excluding hydrogens is 266 g/mol. The summed E-state index contributed by atoms with van der Waals surface area (Å²) in [6.07, 6.45) is 3.53. The molecule has 1 aliphatic rings. The van der Waals surface area contributed by atoms with E-state index in [0.717, 1.165) is 30.9 Å². The Morgan fingerprint density at radius 3 is 3.00 bits per heavy atom. The highest BCUT2D eigenvalue weighted by molar-refractivity contribution is 5.49. The standard InChI is InChI=1S/C16H19N3O2/c1-11-8-13(16(20)21-2)9-18-15(11)19-7-5-14-12(10-19)4-3-6-17-14/h3-4,6,8-9,16,20H,5,7,10H2,1-2H3. The molecule has 2 aromatic rings. The highest BCUT2D eigenvalue weighted by Crippen LogP contribution is 2.26. The van der Waals surface area contributed by atoms with Gasteiger partial charge in [0.05, 0.1) is 0 Å². The zero-order valence-electron chi connectivity index (χ0n) is 12.3. The smallest absolute Gasteiger partial charge is 0.182 e. The van der Waals surface area contributed by atoms with E-state index in [2.05, 4.69) is 20.9 Å². The van der Waals surface area contributed by atoms with Gasteiger partial charge >= 0.3 is 0 Å². The predicted octanol–water partition coefficient (Wildman–Crippen LogP) is 1.99. The number of rotatable bonds is 3. The van der Waals surface area contributed by atoms with E-state index in [1.807, 2.05) is 25.3 Å². The third-order valence-corrected chi connectivity index (χ3v) is 3.84. The molecule has 2 aromatic heterocycles. The van der Waals surface area contributed by atoms with Gasteiger partial charge in [0.25, 0.3) is 0 Å². The number of pyridine rings is 2. The average Bonchev–Trinajstić information content (AvgIpc) is 2.53. The normalized spacial score (nSPS) is 15.7. The first-order chi connectivity index (χ1) is 10.2. The van der Waals surface area contributed by atoms with Gasteiger partial charge in [-0.3, -0.25) is 4.98 Å². The van der Waals surface area contributed by atoms with Crippen LogP contribution in [0.3, 0.4) is 0 Å². The molecule has 0 amide bonds. The number of hydrogen-bond acceptors (Lipinski definition) is 5. The summed E-state index contributed by atoms with van der Waals surface area (Å²) in [6.45, 7) is 3.74. The second-order valence-electron chi connectivity index (χ2n) is 5.28. The minimum atomic E-state index is -0.920. The molecule has 0 saturated heterocycles. The van der Waals surface area contributed by atoms with Crippen molar-refractivity contribution in [2.24, 2.45) is 0 Å². The van der Waals surface area contributed by atoms with Gasteiger partial charge in [-0.1, -0.05) is 6.07 Å². The minimum absolute atomic E-state index is 0.679. The maximum atomic E-state index is 9.70. The summed E-state index contributed by atoms with van der Waals surface area (Å²) in [5, 5.41) is 9.70. The van der Waals surface area contributed by atoms with Crippen LogP contribution in [0.1, 0.15) is 28.7 Å².